The SMILES string of the molecule is Cc1cccc(C)c1NC(=O)Cn1nnc(-c2ccsc2)n1. The summed E-state index contributed by atoms with van der Waals surface area (Å²) in [7, 11) is 0. The third-order valence-corrected chi connectivity index (χ3v) is 3.95. The maximum atomic E-state index is 12.1. The Morgan fingerprint density at radius 2 is 2.05 bits per heavy atom. The van der Waals surface area contributed by atoms with Gasteiger partial charge in [0.15, 0.2) is 0 Å². The summed E-state index contributed by atoms with van der Waals surface area (Å²) in [5.74, 6) is 0.354. The standard InChI is InChI=1S/C15H15N5OS/c1-10-4-3-5-11(2)14(10)16-13(21)8-20-18-15(17-19-20)12-6-7-22-9-12/h3-7,9H,8H2,1-2H3,(H,16,21). The van der Waals surface area contributed by atoms with E-state index >= 15 is 0 Å². The van der Waals surface area contributed by atoms with Crippen molar-refractivity contribution in [1.29, 1.82) is 0 Å². The van der Waals surface area contributed by atoms with Crippen LogP contribution in [0.25, 0.3) is 11.4 Å². The summed E-state index contributed by atoms with van der Waals surface area (Å²) in [6.07, 6.45) is 0. The van der Waals surface area contributed by atoms with Crippen molar-refractivity contribution in [3.8, 4) is 11.4 Å². The minimum atomic E-state index is -0.174. The van der Waals surface area contributed by atoms with E-state index in [9.17, 15) is 4.79 Å². The third kappa shape index (κ3) is 3.04. The molecule has 7 heteroatoms. The molecule has 0 radical (unpaired) electrons. The number of amides is 1. The molecular weight excluding hydrogens is 298 g/mol. The van der Waals surface area contributed by atoms with Gasteiger partial charge in [-0.2, -0.15) is 16.1 Å². The highest BCUT2D eigenvalue weighted by atomic mass is 32.1. The number of anilines is 1. The molecule has 0 fully saturated rings. The monoisotopic (exact) mass is 313 g/mol. The van der Waals surface area contributed by atoms with Crippen LogP contribution in [-0.4, -0.2) is 26.1 Å². The van der Waals surface area contributed by atoms with E-state index in [2.05, 4.69) is 20.7 Å². The van der Waals surface area contributed by atoms with Crippen LogP contribution in [0, 0.1) is 13.8 Å². The topological polar surface area (TPSA) is 72.7 Å². The number of benzene rings is 1. The Labute approximate surface area is 131 Å². The van der Waals surface area contributed by atoms with Crippen LogP contribution in [0.15, 0.2) is 35.0 Å². The van der Waals surface area contributed by atoms with Gasteiger partial charge in [-0.15, -0.1) is 10.2 Å². The van der Waals surface area contributed by atoms with E-state index in [4.69, 9.17) is 0 Å². The maximum Gasteiger partial charge on any atom is 0.248 e. The number of aryl methyl sites for hydroxylation is 2. The molecule has 1 amide bonds. The van der Waals surface area contributed by atoms with Gasteiger partial charge in [0.2, 0.25) is 11.7 Å². The summed E-state index contributed by atoms with van der Waals surface area (Å²) < 4.78 is 0. The van der Waals surface area contributed by atoms with Crippen LogP contribution in [0.2, 0.25) is 0 Å². The third-order valence-electron chi connectivity index (χ3n) is 3.26. The highest BCUT2D eigenvalue weighted by Crippen LogP contribution is 2.19. The molecule has 0 spiro atoms. The fourth-order valence-corrected chi connectivity index (χ4v) is 2.77. The molecule has 6 nitrogen and oxygen atoms in total. The summed E-state index contributed by atoms with van der Waals surface area (Å²) in [5.41, 5.74) is 3.80. The lowest BCUT2D eigenvalue weighted by atomic mass is 10.1. The molecular formula is C15H15N5OS. The maximum absolute atomic E-state index is 12.1. The zero-order valence-electron chi connectivity index (χ0n) is 12.3. The van der Waals surface area contributed by atoms with Crippen molar-refractivity contribution in [2.24, 2.45) is 0 Å². The Kier molecular flexibility index (Phi) is 3.97. The van der Waals surface area contributed by atoms with Gasteiger partial charge in [0.05, 0.1) is 0 Å². The Morgan fingerprint density at radius 1 is 1.27 bits per heavy atom. The van der Waals surface area contributed by atoms with Gasteiger partial charge >= 0.3 is 0 Å². The predicted molar refractivity (Wildman–Crippen MR) is 85.7 cm³/mol. The number of carbonyl (C=O) groups is 1. The summed E-state index contributed by atoms with van der Waals surface area (Å²) in [6.45, 7) is 3.96. The summed E-state index contributed by atoms with van der Waals surface area (Å²) >= 11 is 1.57. The molecule has 3 aromatic rings. The zero-order chi connectivity index (χ0) is 15.5. The minimum Gasteiger partial charge on any atom is -0.324 e. The van der Waals surface area contributed by atoms with E-state index in [0.717, 1.165) is 22.4 Å². The van der Waals surface area contributed by atoms with Gasteiger partial charge in [0.1, 0.15) is 6.54 Å². The van der Waals surface area contributed by atoms with Gasteiger partial charge < -0.3 is 5.32 Å². The number of carbonyl (C=O) groups excluding carboxylic acids is 1. The predicted octanol–water partition coefficient (Wildman–Crippen LogP) is 2.66. The number of rotatable bonds is 4. The molecule has 2 aromatic heterocycles. The van der Waals surface area contributed by atoms with Gasteiger partial charge in [-0.25, -0.2) is 0 Å². The van der Waals surface area contributed by atoms with Crippen LogP contribution < -0.4 is 5.32 Å². The molecule has 112 valence electrons. The van der Waals surface area contributed by atoms with Crippen LogP contribution in [-0.2, 0) is 11.3 Å². The average molecular weight is 313 g/mol. The van der Waals surface area contributed by atoms with Crippen molar-refractivity contribution in [1.82, 2.24) is 20.2 Å². The number of hydrogen-bond donors (Lipinski definition) is 1. The summed E-state index contributed by atoms with van der Waals surface area (Å²) in [6, 6.07) is 7.81. The van der Waals surface area contributed by atoms with Crippen LogP contribution in [0.4, 0.5) is 5.69 Å². The van der Waals surface area contributed by atoms with E-state index in [-0.39, 0.29) is 12.5 Å². The summed E-state index contributed by atoms with van der Waals surface area (Å²) in [5, 5.41) is 18.9. The first-order chi connectivity index (χ1) is 10.6. The molecule has 0 saturated heterocycles. The molecule has 0 bridgehead atoms. The second kappa shape index (κ2) is 6.07. The molecule has 0 atom stereocenters. The molecule has 0 aliphatic heterocycles. The van der Waals surface area contributed by atoms with Gasteiger partial charge in [0, 0.05) is 16.6 Å². The zero-order valence-corrected chi connectivity index (χ0v) is 13.1. The molecule has 1 N–H and O–H groups in total. The number of tetrazole rings is 1. The Morgan fingerprint density at radius 3 is 2.73 bits per heavy atom. The number of thiophene rings is 1. The lowest BCUT2D eigenvalue weighted by Crippen LogP contribution is -2.21. The minimum absolute atomic E-state index is 0.0327. The normalized spacial score (nSPS) is 10.6. The molecule has 0 unspecified atom stereocenters. The fraction of sp³-hybridized carbons (Fsp3) is 0.200. The van der Waals surface area contributed by atoms with Crippen LogP contribution >= 0.6 is 11.3 Å². The van der Waals surface area contributed by atoms with Gasteiger partial charge in [-0.05, 0) is 41.6 Å². The average Bonchev–Trinajstić information content (AvgIpc) is 3.13. The summed E-state index contributed by atoms with van der Waals surface area (Å²) in [4.78, 5) is 13.4. The van der Waals surface area contributed by atoms with E-state index in [1.807, 2.05) is 48.9 Å². The van der Waals surface area contributed by atoms with Crippen molar-refractivity contribution in [2.75, 3.05) is 5.32 Å². The molecule has 22 heavy (non-hydrogen) atoms. The highest BCUT2D eigenvalue weighted by Gasteiger charge is 2.11. The van der Waals surface area contributed by atoms with E-state index in [1.54, 1.807) is 11.3 Å². The molecule has 0 aliphatic carbocycles. The lowest BCUT2D eigenvalue weighted by molar-refractivity contribution is -0.117. The molecule has 2 heterocycles. The fourth-order valence-electron chi connectivity index (χ4n) is 2.14. The quantitative estimate of drug-likeness (QED) is 0.803. The van der Waals surface area contributed by atoms with Crippen LogP contribution in [0.1, 0.15) is 11.1 Å². The largest absolute Gasteiger partial charge is 0.324 e. The molecule has 0 aliphatic rings. The van der Waals surface area contributed by atoms with E-state index in [1.165, 1.54) is 4.80 Å². The Bertz CT molecular complexity index is 774. The molecule has 3 rings (SSSR count). The van der Waals surface area contributed by atoms with Crippen molar-refractivity contribution < 1.29 is 4.79 Å². The van der Waals surface area contributed by atoms with Gasteiger partial charge in [0.25, 0.3) is 0 Å². The number of nitrogens with one attached hydrogen (secondary N) is 1. The van der Waals surface area contributed by atoms with Gasteiger partial charge in [-0.3, -0.25) is 4.79 Å². The first kappa shape index (κ1) is 14.4. The van der Waals surface area contributed by atoms with Crippen molar-refractivity contribution in [3.05, 3.63) is 46.2 Å². The van der Waals surface area contributed by atoms with Crippen molar-refractivity contribution in [2.45, 2.75) is 20.4 Å². The smallest absolute Gasteiger partial charge is 0.248 e. The number of para-hydroxylation sites is 1. The second-order valence-electron chi connectivity index (χ2n) is 4.97. The van der Waals surface area contributed by atoms with Crippen molar-refractivity contribution >= 4 is 22.9 Å². The number of aromatic nitrogens is 4. The van der Waals surface area contributed by atoms with Gasteiger partial charge in [-0.1, -0.05) is 18.2 Å². The molecule has 1 aromatic carbocycles. The Hall–Kier alpha value is -2.54. The first-order valence-electron chi connectivity index (χ1n) is 6.80. The second-order valence-corrected chi connectivity index (χ2v) is 5.75. The number of hydrogen-bond acceptors (Lipinski definition) is 5. The van der Waals surface area contributed by atoms with E-state index in [0.29, 0.717) is 5.82 Å². The number of nitrogens with zero attached hydrogens (tertiary/aromatic N) is 4. The first-order valence-corrected chi connectivity index (χ1v) is 7.74. The van der Waals surface area contributed by atoms with Crippen LogP contribution in [0.5, 0.6) is 0 Å². The van der Waals surface area contributed by atoms with E-state index < -0.39 is 0 Å². The van der Waals surface area contributed by atoms with Crippen molar-refractivity contribution in [3.63, 3.8) is 0 Å². The van der Waals surface area contributed by atoms with Crippen LogP contribution in [0.3, 0.4) is 0 Å². The lowest BCUT2D eigenvalue weighted by Gasteiger charge is -2.10. The molecule has 0 saturated carbocycles. The highest BCUT2D eigenvalue weighted by molar-refractivity contribution is 7.08. The Balaban J connectivity index is 1.70.